The zero-order chi connectivity index (χ0) is 14.1. The van der Waals surface area contributed by atoms with E-state index in [1.165, 1.54) is 6.92 Å². The molecule has 20 heavy (non-hydrogen) atoms. The summed E-state index contributed by atoms with van der Waals surface area (Å²) in [6.45, 7) is 2.93. The number of hydrogen-bond acceptors (Lipinski definition) is 3. The van der Waals surface area contributed by atoms with Crippen molar-refractivity contribution < 1.29 is 9.59 Å². The van der Waals surface area contributed by atoms with E-state index in [0.29, 0.717) is 19.6 Å². The zero-order valence-electron chi connectivity index (χ0n) is 11.2. The maximum absolute atomic E-state index is 11.9. The third-order valence-electron chi connectivity index (χ3n) is 3.57. The molecule has 2 amide bonds. The van der Waals surface area contributed by atoms with Crippen molar-refractivity contribution in [3.63, 3.8) is 0 Å². The number of hydrogen-bond donors (Lipinski definition) is 2. The Hall–Kier alpha value is -2.37. The second-order valence-electron chi connectivity index (χ2n) is 5.04. The topological polar surface area (TPSA) is 78.1 Å². The van der Waals surface area contributed by atoms with Gasteiger partial charge in [0.1, 0.15) is 5.82 Å². The van der Waals surface area contributed by atoms with Crippen LogP contribution >= 0.6 is 0 Å². The predicted molar refractivity (Wildman–Crippen MR) is 73.7 cm³/mol. The van der Waals surface area contributed by atoms with Gasteiger partial charge >= 0.3 is 0 Å². The second kappa shape index (κ2) is 4.96. The van der Waals surface area contributed by atoms with Gasteiger partial charge in [0.05, 0.1) is 23.5 Å². The number of carbonyl (C=O) groups excluding carboxylic acids is 2. The average Bonchev–Trinajstić information content (AvgIpc) is 2.76. The lowest BCUT2D eigenvalue weighted by atomic mass is 9.99. The Kier molecular flexibility index (Phi) is 3.14. The van der Waals surface area contributed by atoms with Gasteiger partial charge in [-0.2, -0.15) is 0 Å². The SMILES string of the molecule is CC(=O)N1CC(C(=O)NCc2nc3ccccc3[nH]2)C1. The van der Waals surface area contributed by atoms with Crippen LogP contribution in [0.2, 0.25) is 0 Å². The van der Waals surface area contributed by atoms with E-state index in [0.717, 1.165) is 16.9 Å². The highest BCUT2D eigenvalue weighted by molar-refractivity contribution is 5.83. The van der Waals surface area contributed by atoms with Gasteiger partial charge in [0.2, 0.25) is 11.8 Å². The molecule has 0 spiro atoms. The molecule has 3 rings (SSSR count). The van der Waals surface area contributed by atoms with Gasteiger partial charge in [-0.3, -0.25) is 9.59 Å². The summed E-state index contributed by atoms with van der Waals surface area (Å²) in [6, 6.07) is 7.74. The molecule has 1 saturated heterocycles. The lowest BCUT2D eigenvalue weighted by molar-refractivity contribution is -0.141. The van der Waals surface area contributed by atoms with Crippen LogP contribution in [0.15, 0.2) is 24.3 Å². The van der Waals surface area contributed by atoms with E-state index in [-0.39, 0.29) is 17.7 Å². The third kappa shape index (κ3) is 2.36. The number of amides is 2. The molecule has 1 fully saturated rings. The molecule has 0 atom stereocenters. The molecule has 6 heteroatoms. The summed E-state index contributed by atoms with van der Waals surface area (Å²) in [5, 5.41) is 2.85. The molecule has 2 N–H and O–H groups in total. The maximum atomic E-state index is 11.9. The van der Waals surface area contributed by atoms with Gasteiger partial charge in [0.25, 0.3) is 0 Å². The minimum Gasteiger partial charge on any atom is -0.349 e. The van der Waals surface area contributed by atoms with Crippen LogP contribution in [0.1, 0.15) is 12.7 Å². The second-order valence-corrected chi connectivity index (χ2v) is 5.04. The first-order valence-corrected chi connectivity index (χ1v) is 6.60. The molecule has 1 aromatic heterocycles. The number of likely N-dealkylation sites (tertiary alicyclic amines) is 1. The molecular weight excluding hydrogens is 256 g/mol. The molecule has 6 nitrogen and oxygen atoms in total. The summed E-state index contributed by atoms with van der Waals surface area (Å²) in [5.41, 5.74) is 1.85. The summed E-state index contributed by atoms with van der Waals surface area (Å²) in [5.74, 6) is 0.639. The van der Waals surface area contributed by atoms with Gasteiger partial charge in [-0.25, -0.2) is 4.98 Å². The number of fused-ring (bicyclic) bond motifs is 1. The van der Waals surface area contributed by atoms with Gasteiger partial charge in [-0.1, -0.05) is 12.1 Å². The van der Waals surface area contributed by atoms with Crippen molar-refractivity contribution in [1.29, 1.82) is 0 Å². The van der Waals surface area contributed by atoms with Crippen LogP contribution in [0.4, 0.5) is 0 Å². The van der Waals surface area contributed by atoms with Gasteiger partial charge in [0, 0.05) is 20.0 Å². The van der Waals surface area contributed by atoms with Crippen LogP contribution in [0, 0.1) is 5.92 Å². The third-order valence-corrected chi connectivity index (χ3v) is 3.57. The molecule has 1 aliphatic rings. The number of carbonyl (C=O) groups is 2. The van der Waals surface area contributed by atoms with Crippen molar-refractivity contribution in [2.75, 3.05) is 13.1 Å². The van der Waals surface area contributed by atoms with E-state index < -0.39 is 0 Å². The molecule has 0 aliphatic carbocycles. The molecule has 2 aromatic rings. The van der Waals surface area contributed by atoms with E-state index in [2.05, 4.69) is 15.3 Å². The van der Waals surface area contributed by atoms with Crippen LogP contribution in [-0.2, 0) is 16.1 Å². The number of nitrogens with one attached hydrogen (secondary N) is 2. The first kappa shape index (κ1) is 12.7. The summed E-state index contributed by atoms with van der Waals surface area (Å²) in [6.07, 6.45) is 0. The lowest BCUT2D eigenvalue weighted by Crippen LogP contribution is -2.55. The fourth-order valence-corrected chi connectivity index (χ4v) is 2.31. The Morgan fingerprint density at radius 3 is 2.85 bits per heavy atom. The molecule has 0 unspecified atom stereocenters. The predicted octanol–water partition coefficient (Wildman–Crippen LogP) is 0.657. The van der Waals surface area contributed by atoms with Gasteiger partial charge in [-0.05, 0) is 12.1 Å². The average molecular weight is 272 g/mol. The number of nitrogens with zero attached hydrogens (tertiary/aromatic N) is 2. The molecule has 1 aromatic carbocycles. The smallest absolute Gasteiger partial charge is 0.227 e. The molecular formula is C14H16N4O2. The molecule has 0 radical (unpaired) electrons. The van der Waals surface area contributed by atoms with Crippen LogP contribution < -0.4 is 5.32 Å². The van der Waals surface area contributed by atoms with E-state index in [1.54, 1.807) is 4.90 Å². The van der Waals surface area contributed by atoms with Crippen molar-refractivity contribution in [3.05, 3.63) is 30.1 Å². The van der Waals surface area contributed by atoms with Crippen LogP contribution in [0.5, 0.6) is 0 Å². The van der Waals surface area contributed by atoms with Crippen molar-refractivity contribution in [1.82, 2.24) is 20.2 Å². The number of rotatable bonds is 3. The van der Waals surface area contributed by atoms with Crippen molar-refractivity contribution in [2.45, 2.75) is 13.5 Å². The van der Waals surface area contributed by atoms with E-state index in [1.807, 2.05) is 24.3 Å². The molecule has 2 heterocycles. The van der Waals surface area contributed by atoms with Crippen LogP contribution in [0.3, 0.4) is 0 Å². The summed E-state index contributed by atoms with van der Waals surface area (Å²) >= 11 is 0. The Morgan fingerprint density at radius 2 is 2.15 bits per heavy atom. The molecule has 0 bridgehead atoms. The zero-order valence-corrected chi connectivity index (χ0v) is 11.2. The highest BCUT2D eigenvalue weighted by atomic mass is 16.2. The first-order valence-electron chi connectivity index (χ1n) is 6.60. The number of para-hydroxylation sites is 2. The van der Waals surface area contributed by atoms with Crippen LogP contribution in [-0.4, -0.2) is 39.8 Å². The Morgan fingerprint density at radius 1 is 1.40 bits per heavy atom. The number of H-pyrrole nitrogens is 1. The molecule has 0 saturated carbocycles. The standard InChI is InChI=1S/C14H16N4O2/c1-9(19)18-7-10(8-18)14(20)15-6-13-16-11-4-2-3-5-12(11)17-13/h2-5,10H,6-8H2,1H3,(H,15,20)(H,16,17). The number of benzene rings is 1. The minimum atomic E-state index is -0.0942. The minimum absolute atomic E-state index is 0.0198. The Bertz CT molecular complexity index is 625. The van der Waals surface area contributed by atoms with E-state index >= 15 is 0 Å². The lowest BCUT2D eigenvalue weighted by Gasteiger charge is -2.37. The first-order chi connectivity index (χ1) is 9.63. The van der Waals surface area contributed by atoms with Crippen LogP contribution in [0.25, 0.3) is 11.0 Å². The van der Waals surface area contributed by atoms with Crippen molar-refractivity contribution in [2.24, 2.45) is 5.92 Å². The van der Waals surface area contributed by atoms with Gasteiger partial charge in [-0.15, -0.1) is 0 Å². The molecule has 1 aliphatic heterocycles. The van der Waals surface area contributed by atoms with Gasteiger partial charge in [0.15, 0.2) is 0 Å². The fourth-order valence-electron chi connectivity index (χ4n) is 2.31. The Balaban J connectivity index is 1.54. The van der Waals surface area contributed by atoms with E-state index in [9.17, 15) is 9.59 Å². The monoisotopic (exact) mass is 272 g/mol. The summed E-state index contributed by atoms with van der Waals surface area (Å²) in [7, 11) is 0. The Labute approximate surface area is 116 Å². The number of imidazole rings is 1. The highest BCUT2D eigenvalue weighted by Crippen LogP contribution is 2.15. The summed E-state index contributed by atoms with van der Waals surface area (Å²) in [4.78, 5) is 32.2. The maximum Gasteiger partial charge on any atom is 0.227 e. The largest absolute Gasteiger partial charge is 0.349 e. The van der Waals surface area contributed by atoms with Crippen molar-refractivity contribution in [3.8, 4) is 0 Å². The van der Waals surface area contributed by atoms with E-state index in [4.69, 9.17) is 0 Å². The van der Waals surface area contributed by atoms with Crippen molar-refractivity contribution >= 4 is 22.8 Å². The summed E-state index contributed by atoms with van der Waals surface area (Å²) < 4.78 is 0. The number of aromatic amines is 1. The fraction of sp³-hybridized carbons (Fsp3) is 0.357. The molecule has 104 valence electrons. The van der Waals surface area contributed by atoms with Gasteiger partial charge < -0.3 is 15.2 Å². The number of aromatic nitrogens is 2. The normalized spacial score (nSPS) is 15.2. The quantitative estimate of drug-likeness (QED) is 0.861. The highest BCUT2D eigenvalue weighted by Gasteiger charge is 2.33.